The van der Waals surface area contributed by atoms with E-state index in [1.54, 1.807) is 26.2 Å². The Kier molecular flexibility index (Phi) is 6.90. The molecular weight excluding hydrogens is 448 g/mol. The number of carbonyl (C=O) groups is 2. The fraction of sp³-hybridized carbons (Fsp3) is 0.278. The number of hydrogen-bond donors (Lipinski definition) is 1. The molecule has 0 spiro atoms. The Labute approximate surface area is 184 Å². The molecule has 0 aliphatic rings. The van der Waals surface area contributed by atoms with Crippen LogP contribution in [0.15, 0.2) is 39.1 Å². The molecule has 0 amide bonds. The average Bonchev–Trinajstić information content (AvgIpc) is 3.27. The Hall–Kier alpha value is -2.70. The van der Waals surface area contributed by atoms with Gasteiger partial charge in [0.05, 0.1) is 10.2 Å². The van der Waals surface area contributed by atoms with Gasteiger partial charge in [-0.2, -0.15) is 0 Å². The van der Waals surface area contributed by atoms with Crippen LogP contribution in [0, 0.1) is 0 Å². The topological polar surface area (TPSA) is 126 Å². The zero-order chi connectivity index (χ0) is 21.7. The summed E-state index contributed by atoms with van der Waals surface area (Å²) in [6, 6.07) is 7.58. The maximum absolute atomic E-state index is 12.4. The van der Waals surface area contributed by atoms with Gasteiger partial charge in [0.15, 0.2) is 15.7 Å². The van der Waals surface area contributed by atoms with Crippen molar-refractivity contribution >= 4 is 68.2 Å². The van der Waals surface area contributed by atoms with Gasteiger partial charge in [0.1, 0.15) is 23.3 Å². The number of rotatable bonds is 7. The molecule has 30 heavy (non-hydrogen) atoms. The zero-order valence-electron chi connectivity index (χ0n) is 16.2. The van der Waals surface area contributed by atoms with E-state index in [0.717, 1.165) is 39.8 Å². The van der Waals surface area contributed by atoms with Gasteiger partial charge in [-0.3, -0.25) is 0 Å². The van der Waals surface area contributed by atoms with E-state index < -0.39 is 23.6 Å². The molecule has 3 aromatic rings. The largest absolute Gasteiger partial charge is 0.457 e. The monoisotopic (exact) mass is 466 g/mol. The number of para-hydroxylation sites is 1. The molecule has 0 saturated heterocycles. The Morgan fingerprint density at radius 2 is 2.03 bits per heavy atom. The highest BCUT2D eigenvalue weighted by atomic mass is 32.2. The van der Waals surface area contributed by atoms with Crippen LogP contribution in [-0.2, 0) is 23.3 Å². The van der Waals surface area contributed by atoms with Crippen molar-refractivity contribution in [3.63, 3.8) is 0 Å². The van der Waals surface area contributed by atoms with Gasteiger partial charge in [0.2, 0.25) is 0 Å². The summed E-state index contributed by atoms with van der Waals surface area (Å²) in [5, 5.41) is 5.37. The quantitative estimate of drug-likeness (QED) is 0.238. The van der Waals surface area contributed by atoms with E-state index in [2.05, 4.69) is 15.1 Å². The molecule has 2 aromatic heterocycles. The lowest BCUT2D eigenvalue weighted by atomic mass is 10.2. The summed E-state index contributed by atoms with van der Waals surface area (Å²) in [6.45, 7) is 5.16. The van der Waals surface area contributed by atoms with Crippen molar-refractivity contribution in [2.24, 2.45) is 5.16 Å². The molecule has 3 rings (SSSR count). The number of benzene rings is 1. The first-order valence-electron chi connectivity index (χ1n) is 8.58. The van der Waals surface area contributed by atoms with Crippen molar-refractivity contribution in [2.45, 2.75) is 36.8 Å². The van der Waals surface area contributed by atoms with Gasteiger partial charge in [0.25, 0.3) is 6.10 Å². The Morgan fingerprint density at radius 3 is 2.70 bits per heavy atom. The molecule has 1 aromatic carbocycles. The highest BCUT2D eigenvalue weighted by molar-refractivity contribution is 7.97. The van der Waals surface area contributed by atoms with E-state index in [1.807, 2.05) is 24.3 Å². The number of thiazole rings is 2. The molecule has 158 valence electrons. The van der Waals surface area contributed by atoms with Gasteiger partial charge in [-0.25, -0.2) is 19.6 Å². The highest BCUT2D eigenvalue weighted by Gasteiger charge is 2.30. The van der Waals surface area contributed by atoms with E-state index in [4.69, 9.17) is 19.5 Å². The van der Waals surface area contributed by atoms with Crippen molar-refractivity contribution in [3.05, 3.63) is 35.3 Å². The number of hydrogen-bond acceptors (Lipinski definition) is 12. The Bertz CT molecular complexity index is 1040. The maximum Gasteiger partial charge on any atom is 0.365 e. The lowest BCUT2D eigenvalue weighted by molar-refractivity contribution is -0.169. The van der Waals surface area contributed by atoms with Gasteiger partial charge in [0, 0.05) is 5.38 Å². The second-order valence-electron chi connectivity index (χ2n) is 6.80. The molecule has 12 heteroatoms. The van der Waals surface area contributed by atoms with Crippen LogP contribution in [0.4, 0.5) is 5.13 Å². The van der Waals surface area contributed by atoms with Gasteiger partial charge in [-0.15, -0.1) is 22.7 Å². The molecule has 0 saturated carbocycles. The number of esters is 1. The third-order valence-corrected chi connectivity index (χ3v) is 5.68. The number of fused-ring (bicyclic) bond motifs is 1. The van der Waals surface area contributed by atoms with Crippen LogP contribution in [-0.4, -0.2) is 33.7 Å². The number of carbonyl (C=O) groups excluding carboxylic acids is 2. The standard InChI is InChI=1S/C18H18N4O5S3/c1-18(2,3)25-15(24)14(11-9-28-16(19)21-11)26-20-8-13(23)27-30-17-22-10-6-4-5-7-12(10)29-17/h4-9,14H,1-3H3,(H2,19,21)/b20-8-. The zero-order valence-corrected chi connectivity index (χ0v) is 18.7. The van der Waals surface area contributed by atoms with Crippen LogP contribution in [0.2, 0.25) is 0 Å². The van der Waals surface area contributed by atoms with Crippen molar-refractivity contribution < 1.29 is 23.3 Å². The average molecular weight is 467 g/mol. The molecule has 0 bridgehead atoms. The number of oxime groups is 1. The predicted molar refractivity (Wildman–Crippen MR) is 116 cm³/mol. The fourth-order valence-electron chi connectivity index (χ4n) is 2.11. The lowest BCUT2D eigenvalue weighted by Gasteiger charge is -2.22. The van der Waals surface area contributed by atoms with E-state index in [-0.39, 0.29) is 10.8 Å². The van der Waals surface area contributed by atoms with Gasteiger partial charge < -0.3 is 19.5 Å². The summed E-state index contributed by atoms with van der Waals surface area (Å²) < 4.78 is 11.9. The van der Waals surface area contributed by atoms with E-state index in [9.17, 15) is 9.59 Å². The maximum atomic E-state index is 12.4. The molecule has 1 atom stereocenters. The number of anilines is 1. The molecule has 2 heterocycles. The lowest BCUT2D eigenvalue weighted by Crippen LogP contribution is -2.28. The highest BCUT2D eigenvalue weighted by Crippen LogP contribution is 2.30. The summed E-state index contributed by atoms with van der Waals surface area (Å²) in [7, 11) is 0. The van der Waals surface area contributed by atoms with Crippen molar-refractivity contribution in [3.8, 4) is 0 Å². The molecule has 1 unspecified atom stereocenters. The summed E-state index contributed by atoms with van der Waals surface area (Å²) in [5.41, 5.74) is 5.94. The summed E-state index contributed by atoms with van der Waals surface area (Å²) in [5.74, 6) is -1.48. The Balaban J connectivity index is 1.59. The number of nitrogen functional groups attached to an aromatic ring is 1. The number of ether oxygens (including phenoxy) is 1. The predicted octanol–water partition coefficient (Wildman–Crippen LogP) is 3.97. The second-order valence-corrected chi connectivity index (χ2v) is 9.70. The van der Waals surface area contributed by atoms with Crippen LogP contribution in [0.5, 0.6) is 0 Å². The van der Waals surface area contributed by atoms with E-state index in [0.29, 0.717) is 4.34 Å². The first kappa shape index (κ1) is 22.0. The van der Waals surface area contributed by atoms with Crippen molar-refractivity contribution in [1.29, 1.82) is 0 Å². The summed E-state index contributed by atoms with van der Waals surface area (Å²) >= 11 is 3.36. The third-order valence-electron chi connectivity index (χ3n) is 3.22. The minimum Gasteiger partial charge on any atom is -0.457 e. The molecule has 0 aliphatic heterocycles. The van der Waals surface area contributed by atoms with Crippen LogP contribution >= 0.6 is 34.7 Å². The van der Waals surface area contributed by atoms with E-state index in [1.165, 1.54) is 11.3 Å². The Morgan fingerprint density at radius 1 is 1.27 bits per heavy atom. The normalized spacial score (nSPS) is 12.8. The van der Waals surface area contributed by atoms with Crippen LogP contribution in [0.1, 0.15) is 32.6 Å². The minimum absolute atomic E-state index is 0.237. The van der Waals surface area contributed by atoms with Gasteiger partial charge >= 0.3 is 11.9 Å². The molecule has 2 N–H and O–H groups in total. The first-order valence-corrected chi connectivity index (χ1v) is 11.0. The molecule has 0 fully saturated rings. The first-order chi connectivity index (χ1) is 14.2. The number of aromatic nitrogens is 2. The van der Waals surface area contributed by atoms with Gasteiger partial charge in [-0.1, -0.05) is 17.3 Å². The van der Waals surface area contributed by atoms with Crippen LogP contribution < -0.4 is 5.73 Å². The number of nitrogens with zero attached hydrogens (tertiary/aromatic N) is 3. The van der Waals surface area contributed by atoms with Crippen molar-refractivity contribution in [2.75, 3.05) is 5.73 Å². The van der Waals surface area contributed by atoms with E-state index >= 15 is 0 Å². The molecule has 0 radical (unpaired) electrons. The second kappa shape index (κ2) is 9.41. The minimum atomic E-state index is -1.27. The molecular formula is C18H18N4O5S3. The van der Waals surface area contributed by atoms with Gasteiger partial charge in [-0.05, 0) is 32.9 Å². The third kappa shape index (κ3) is 6.15. The van der Waals surface area contributed by atoms with Crippen molar-refractivity contribution in [1.82, 2.24) is 9.97 Å². The molecule has 9 nitrogen and oxygen atoms in total. The summed E-state index contributed by atoms with van der Waals surface area (Å²) in [4.78, 5) is 37.9. The SMILES string of the molecule is CC(C)(C)OC(=O)C(O/N=C\C(=O)OSc1nc2ccccc2s1)c1csc(N)n1. The number of nitrogens with two attached hydrogens (primary N) is 1. The summed E-state index contributed by atoms with van der Waals surface area (Å²) in [6.07, 6.45) is -0.452. The van der Waals surface area contributed by atoms with Crippen LogP contribution in [0.3, 0.4) is 0 Å². The van der Waals surface area contributed by atoms with Crippen LogP contribution in [0.25, 0.3) is 10.2 Å². The fourth-order valence-corrected chi connectivity index (χ4v) is 4.23. The smallest absolute Gasteiger partial charge is 0.365 e. The molecule has 0 aliphatic carbocycles.